The van der Waals surface area contributed by atoms with Gasteiger partial charge in [0.1, 0.15) is 0 Å². The van der Waals surface area contributed by atoms with Gasteiger partial charge in [-0.3, -0.25) is 14.9 Å². The summed E-state index contributed by atoms with van der Waals surface area (Å²) in [6.07, 6.45) is 7.66. The molecule has 2 heterocycles. The highest BCUT2D eigenvalue weighted by molar-refractivity contribution is 6.29. The molecule has 124 valence electrons. The van der Waals surface area contributed by atoms with Crippen molar-refractivity contribution in [2.75, 3.05) is 5.32 Å². The van der Waals surface area contributed by atoms with Gasteiger partial charge in [0.05, 0.1) is 0 Å². The van der Waals surface area contributed by atoms with Gasteiger partial charge in [-0.25, -0.2) is 0 Å². The van der Waals surface area contributed by atoms with Gasteiger partial charge in [0.15, 0.2) is 5.82 Å². The maximum Gasteiger partial charge on any atom is 0.257 e. The molecular formula is C20H18N4O. The molecule has 2 N–H and O–H groups in total. The largest absolute Gasteiger partial charge is 0.305 e. The fourth-order valence-corrected chi connectivity index (χ4v) is 2.71. The maximum atomic E-state index is 12.9. The number of benzene rings is 1. The Hall–Kier alpha value is -3.21. The average molecular weight is 330 g/mol. The van der Waals surface area contributed by atoms with Crippen molar-refractivity contribution in [2.45, 2.75) is 18.8 Å². The molecule has 1 aromatic carbocycles. The normalized spacial score (nSPS) is 14.3. The van der Waals surface area contributed by atoms with Crippen LogP contribution in [0.5, 0.6) is 0 Å². The highest BCUT2D eigenvalue weighted by Gasteiger charge is 2.26. The number of aromatic amines is 1. The molecule has 3 aromatic rings. The van der Waals surface area contributed by atoms with Crippen LogP contribution in [0.2, 0.25) is 0 Å². The van der Waals surface area contributed by atoms with Crippen LogP contribution in [0.4, 0.5) is 5.82 Å². The zero-order valence-corrected chi connectivity index (χ0v) is 13.6. The number of carbonyl (C=O) groups is 1. The zero-order chi connectivity index (χ0) is 17.1. The minimum atomic E-state index is -0.183. The second kappa shape index (κ2) is 6.73. The first-order valence-corrected chi connectivity index (χ1v) is 8.33. The molecule has 1 amide bonds. The van der Waals surface area contributed by atoms with E-state index < -0.39 is 0 Å². The number of nitrogens with zero attached hydrogens (tertiary/aromatic N) is 2. The molecule has 2 aromatic heterocycles. The van der Waals surface area contributed by atoms with Crippen molar-refractivity contribution in [1.29, 1.82) is 0 Å². The Morgan fingerprint density at radius 3 is 2.60 bits per heavy atom. The summed E-state index contributed by atoms with van der Waals surface area (Å²) in [5, 5.41) is 10.1. The van der Waals surface area contributed by atoms with Crippen LogP contribution in [0.25, 0.3) is 11.6 Å². The minimum Gasteiger partial charge on any atom is -0.305 e. The lowest BCUT2D eigenvalue weighted by Gasteiger charge is -2.08. The van der Waals surface area contributed by atoms with E-state index in [2.05, 4.69) is 20.5 Å². The number of nitrogens with one attached hydrogen (secondary N) is 2. The van der Waals surface area contributed by atoms with Crippen LogP contribution >= 0.6 is 0 Å². The van der Waals surface area contributed by atoms with Gasteiger partial charge in [-0.05, 0) is 42.2 Å². The molecule has 5 nitrogen and oxygen atoms in total. The first kappa shape index (κ1) is 15.3. The molecule has 4 rings (SSSR count). The fraction of sp³-hybridized carbons (Fsp3) is 0.150. The summed E-state index contributed by atoms with van der Waals surface area (Å²) >= 11 is 0. The molecule has 1 aliphatic rings. The summed E-state index contributed by atoms with van der Waals surface area (Å²) in [5.41, 5.74) is 3.46. The van der Waals surface area contributed by atoms with E-state index in [1.165, 1.54) is 12.8 Å². The number of anilines is 1. The highest BCUT2D eigenvalue weighted by atomic mass is 16.1. The number of amides is 1. The third-order valence-corrected chi connectivity index (χ3v) is 4.20. The van der Waals surface area contributed by atoms with Gasteiger partial charge in [0.25, 0.3) is 5.91 Å². The van der Waals surface area contributed by atoms with E-state index in [0.29, 0.717) is 17.3 Å². The Labute approximate surface area is 145 Å². The van der Waals surface area contributed by atoms with Crippen LogP contribution in [-0.4, -0.2) is 21.1 Å². The van der Waals surface area contributed by atoms with Crippen molar-refractivity contribution < 1.29 is 4.79 Å². The third kappa shape index (κ3) is 3.66. The van der Waals surface area contributed by atoms with E-state index in [4.69, 9.17) is 0 Å². The molecule has 0 aliphatic heterocycles. The Balaban J connectivity index is 1.62. The number of hydrogen-bond acceptors (Lipinski definition) is 3. The summed E-state index contributed by atoms with van der Waals surface area (Å²) in [7, 11) is 0. The monoisotopic (exact) mass is 330 g/mol. The quantitative estimate of drug-likeness (QED) is 0.698. The van der Waals surface area contributed by atoms with Crippen LogP contribution in [0.15, 0.2) is 60.9 Å². The molecule has 0 spiro atoms. The van der Waals surface area contributed by atoms with Gasteiger partial charge in [0.2, 0.25) is 0 Å². The van der Waals surface area contributed by atoms with Crippen molar-refractivity contribution in [3.05, 3.63) is 77.7 Å². The summed E-state index contributed by atoms with van der Waals surface area (Å²) in [4.78, 5) is 16.9. The SMILES string of the molecule is O=C(Nc1cc(C2CC2)[nH]n1)/C(=C/c1ccncc1)c1ccccc1. The number of H-pyrrole nitrogens is 1. The van der Waals surface area contributed by atoms with Crippen molar-refractivity contribution in [2.24, 2.45) is 0 Å². The Kier molecular flexibility index (Phi) is 4.12. The first-order chi connectivity index (χ1) is 12.3. The summed E-state index contributed by atoms with van der Waals surface area (Å²) in [5.74, 6) is 0.944. The number of carbonyl (C=O) groups excluding carboxylic acids is 1. The lowest BCUT2D eigenvalue weighted by Crippen LogP contribution is -2.14. The van der Waals surface area contributed by atoms with Crippen LogP contribution in [0.1, 0.15) is 35.6 Å². The van der Waals surface area contributed by atoms with Gasteiger partial charge in [-0.15, -0.1) is 0 Å². The van der Waals surface area contributed by atoms with E-state index in [0.717, 1.165) is 16.8 Å². The fourth-order valence-electron chi connectivity index (χ4n) is 2.71. The second-order valence-corrected chi connectivity index (χ2v) is 6.14. The van der Waals surface area contributed by atoms with Gasteiger partial charge < -0.3 is 5.32 Å². The van der Waals surface area contributed by atoms with E-state index in [1.54, 1.807) is 12.4 Å². The molecule has 0 atom stereocenters. The predicted molar refractivity (Wildman–Crippen MR) is 97.7 cm³/mol. The Bertz CT molecular complexity index is 896. The van der Waals surface area contributed by atoms with E-state index in [9.17, 15) is 4.79 Å². The van der Waals surface area contributed by atoms with Gasteiger partial charge >= 0.3 is 0 Å². The smallest absolute Gasteiger partial charge is 0.257 e. The summed E-state index contributed by atoms with van der Waals surface area (Å²) in [6, 6.07) is 15.3. The van der Waals surface area contributed by atoms with Crippen LogP contribution < -0.4 is 5.32 Å². The third-order valence-electron chi connectivity index (χ3n) is 4.20. The van der Waals surface area contributed by atoms with Crippen LogP contribution in [-0.2, 0) is 4.79 Å². The highest BCUT2D eigenvalue weighted by Crippen LogP contribution is 2.39. The Morgan fingerprint density at radius 2 is 1.88 bits per heavy atom. The van der Waals surface area contributed by atoms with E-state index in [-0.39, 0.29) is 5.91 Å². The molecule has 1 aliphatic carbocycles. The molecular weight excluding hydrogens is 312 g/mol. The first-order valence-electron chi connectivity index (χ1n) is 8.33. The van der Waals surface area contributed by atoms with Crippen LogP contribution in [0, 0.1) is 0 Å². The lowest BCUT2D eigenvalue weighted by molar-refractivity contribution is -0.111. The molecule has 0 radical (unpaired) electrons. The molecule has 1 saturated carbocycles. The Morgan fingerprint density at radius 1 is 1.12 bits per heavy atom. The number of aromatic nitrogens is 3. The molecule has 0 unspecified atom stereocenters. The summed E-state index contributed by atoms with van der Waals surface area (Å²) < 4.78 is 0. The van der Waals surface area contributed by atoms with Crippen molar-refractivity contribution in [3.8, 4) is 0 Å². The van der Waals surface area contributed by atoms with E-state index in [1.807, 2.05) is 54.6 Å². The maximum absolute atomic E-state index is 12.9. The number of hydrogen-bond donors (Lipinski definition) is 2. The zero-order valence-electron chi connectivity index (χ0n) is 13.6. The van der Waals surface area contributed by atoms with E-state index >= 15 is 0 Å². The minimum absolute atomic E-state index is 0.183. The van der Waals surface area contributed by atoms with Crippen molar-refractivity contribution >= 4 is 23.4 Å². The van der Waals surface area contributed by atoms with Crippen molar-refractivity contribution in [1.82, 2.24) is 15.2 Å². The van der Waals surface area contributed by atoms with Gasteiger partial charge in [-0.2, -0.15) is 5.10 Å². The molecule has 0 saturated heterocycles. The van der Waals surface area contributed by atoms with Gasteiger partial charge in [0, 0.05) is 35.6 Å². The summed E-state index contributed by atoms with van der Waals surface area (Å²) in [6.45, 7) is 0. The molecule has 5 heteroatoms. The number of pyridine rings is 1. The standard InChI is InChI=1S/C20H18N4O/c25-20(22-19-13-18(23-24-19)16-6-7-16)17(15-4-2-1-3-5-15)12-14-8-10-21-11-9-14/h1-5,8-13,16H,6-7H2,(H2,22,23,24,25)/b17-12+. The predicted octanol–water partition coefficient (Wildman–Crippen LogP) is 3.86. The lowest BCUT2D eigenvalue weighted by atomic mass is 10.0. The number of rotatable bonds is 5. The second-order valence-electron chi connectivity index (χ2n) is 6.14. The van der Waals surface area contributed by atoms with Crippen molar-refractivity contribution in [3.63, 3.8) is 0 Å². The topological polar surface area (TPSA) is 70.7 Å². The molecule has 0 bridgehead atoms. The molecule has 1 fully saturated rings. The van der Waals surface area contributed by atoms with Crippen LogP contribution in [0.3, 0.4) is 0 Å². The molecule has 25 heavy (non-hydrogen) atoms. The average Bonchev–Trinajstić information content (AvgIpc) is 3.41. The van der Waals surface area contributed by atoms with Gasteiger partial charge in [-0.1, -0.05) is 30.3 Å².